The molecule has 1 rings (SSSR count). The fourth-order valence-electron chi connectivity index (χ4n) is 1.30. The van der Waals surface area contributed by atoms with Gasteiger partial charge in [-0.05, 0) is 26.8 Å². The second-order valence-electron chi connectivity index (χ2n) is 4.88. The first-order valence-electron chi connectivity index (χ1n) is 5.52. The highest BCUT2D eigenvalue weighted by Gasteiger charge is 2.18. The van der Waals surface area contributed by atoms with Crippen molar-refractivity contribution >= 4 is 11.8 Å². The van der Waals surface area contributed by atoms with Crippen LogP contribution in [0.5, 0.6) is 0 Å². The van der Waals surface area contributed by atoms with Gasteiger partial charge in [-0.25, -0.2) is 0 Å². The van der Waals surface area contributed by atoms with E-state index in [0.29, 0.717) is 5.69 Å². The van der Waals surface area contributed by atoms with Crippen molar-refractivity contribution in [1.29, 1.82) is 0 Å². The van der Waals surface area contributed by atoms with Gasteiger partial charge in [0.25, 0.3) is 0 Å². The van der Waals surface area contributed by atoms with Gasteiger partial charge in [-0.1, -0.05) is 0 Å². The molecule has 94 valence electrons. The first-order valence-corrected chi connectivity index (χ1v) is 5.52. The number of aromatic nitrogens is 2. The highest BCUT2D eigenvalue weighted by Crippen LogP contribution is 2.10. The Bertz CT molecular complexity index is 416. The van der Waals surface area contributed by atoms with E-state index in [1.54, 1.807) is 44.8 Å². The number of hydrogen-bond donors (Lipinski definition) is 0. The normalized spacial score (nSPS) is 11.3. The number of hydrogen-bond acceptors (Lipinski definition) is 4. The van der Waals surface area contributed by atoms with Crippen LogP contribution < -0.4 is 0 Å². The lowest BCUT2D eigenvalue weighted by molar-refractivity contribution is -0.154. The molecular weight excluding hydrogens is 220 g/mol. The predicted molar refractivity (Wildman–Crippen MR) is 62.6 cm³/mol. The van der Waals surface area contributed by atoms with Gasteiger partial charge in [-0.2, -0.15) is 5.10 Å². The third-order valence-corrected chi connectivity index (χ3v) is 1.98. The molecule has 0 aliphatic carbocycles. The molecule has 0 unspecified atom stereocenters. The van der Waals surface area contributed by atoms with Crippen molar-refractivity contribution in [2.24, 2.45) is 7.05 Å². The molecule has 1 heterocycles. The molecule has 0 N–H and O–H groups in total. The third kappa shape index (κ3) is 4.80. The number of ether oxygens (including phenoxy) is 1. The largest absolute Gasteiger partial charge is 0.460 e. The maximum Gasteiger partial charge on any atom is 0.306 e. The average Bonchev–Trinajstić information content (AvgIpc) is 2.58. The number of esters is 1. The summed E-state index contributed by atoms with van der Waals surface area (Å²) in [5, 5.41) is 3.98. The number of carbonyl (C=O) groups is 2. The van der Waals surface area contributed by atoms with Crippen LogP contribution in [0, 0.1) is 0 Å². The number of carbonyl (C=O) groups excluding carboxylic acids is 2. The molecule has 0 spiro atoms. The topological polar surface area (TPSA) is 61.2 Å². The van der Waals surface area contributed by atoms with Gasteiger partial charge in [-0.15, -0.1) is 0 Å². The van der Waals surface area contributed by atoms with E-state index in [1.807, 2.05) is 0 Å². The number of aryl methyl sites for hydroxylation is 1. The molecule has 5 nitrogen and oxygen atoms in total. The summed E-state index contributed by atoms with van der Waals surface area (Å²) in [4.78, 5) is 23.0. The van der Waals surface area contributed by atoms with Gasteiger partial charge in [0.15, 0.2) is 5.78 Å². The maximum atomic E-state index is 11.6. The van der Waals surface area contributed by atoms with E-state index in [-0.39, 0.29) is 24.6 Å². The number of Topliss-reactive ketones (excluding diaryl/α,β-unsaturated/α-hetero) is 1. The van der Waals surface area contributed by atoms with Crippen LogP contribution in [0.15, 0.2) is 12.3 Å². The molecular formula is C12H18N2O3. The standard InChI is InChI=1S/C12H18N2O3/c1-12(2,3)17-11(16)6-5-10(15)9-7-8-14(4)13-9/h7-8H,5-6H2,1-4H3. The van der Waals surface area contributed by atoms with Gasteiger partial charge in [-0.3, -0.25) is 14.3 Å². The van der Waals surface area contributed by atoms with Crippen molar-refractivity contribution in [3.63, 3.8) is 0 Å². The van der Waals surface area contributed by atoms with Crippen molar-refractivity contribution in [3.05, 3.63) is 18.0 Å². The molecule has 5 heteroatoms. The molecule has 1 aromatic rings. The molecule has 0 aliphatic heterocycles. The first-order chi connectivity index (χ1) is 7.78. The summed E-state index contributed by atoms with van der Waals surface area (Å²) in [6.07, 6.45) is 1.92. The second kappa shape index (κ2) is 5.12. The molecule has 0 fully saturated rings. The van der Waals surface area contributed by atoms with Gasteiger partial charge in [0, 0.05) is 19.7 Å². The van der Waals surface area contributed by atoms with Crippen molar-refractivity contribution in [2.45, 2.75) is 39.2 Å². The van der Waals surface area contributed by atoms with Gasteiger partial charge >= 0.3 is 5.97 Å². The van der Waals surface area contributed by atoms with Crippen LogP contribution in [0.25, 0.3) is 0 Å². The second-order valence-corrected chi connectivity index (χ2v) is 4.88. The summed E-state index contributed by atoms with van der Waals surface area (Å²) in [5.74, 6) is -0.502. The molecule has 0 amide bonds. The van der Waals surface area contributed by atoms with Crippen molar-refractivity contribution < 1.29 is 14.3 Å². The van der Waals surface area contributed by atoms with E-state index in [2.05, 4.69) is 5.10 Å². The van der Waals surface area contributed by atoms with Crippen LogP contribution in [0.2, 0.25) is 0 Å². The summed E-state index contributed by atoms with van der Waals surface area (Å²) in [6.45, 7) is 5.39. The van der Waals surface area contributed by atoms with Crippen LogP contribution in [0.3, 0.4) is 0 Å². The predicted octanol–water partition coefficient (Wildman–Crippen LogP) is 1.72. The average molecular weight is 238 g/mol. The minimum atomic E-state index is -0.509. The highest BCUT2D eigenvalue weighted by molar-refractivity contribution is 5.95. The quantitative estimate of drug-likeness (QED) is 0.592. The molecule has 0 saturated heterocycles. The molecule has 0 saturated carbocycles. The molecule has 0 atom stereocenters. The lowest BCUT2D eigenvalue weighted by atomic mass is 10.1. The first kappa shape index (κ1) is 13.4. The minimum Gasteiger partial charge on any atom is -0.460 e. The van der Waals surface area contributed by atoms with E-state index in [0.717, 1.165) is 0 Å². The van der Waals surface area contributed by atoms with E-state index >= 15 is 0 Å². The van der Waals surface area contributed by atoms with E-state index in [1.165, 1.54) is 0 Å². The zero-order valence-corrected chi connectivity index (χ0v) is 10.7. The van der Waals surface area contributed by atoms with Gasteiger partial charge < -0.3 is 4.74 Å². The smallest absolute Gasteiger partial charge is 0.306 e. The minimum absolute atomic E-state index is 0.0900. The Morgan fingerprint density at radius 3 is 2.47 bits per heavy atom. The van der Waals surface area contributed by atoms with Crippen molar-refractivity contribution in [1.82, 2.24) is 9.78 Å². The summed E-state index contributed by atoms with van der Waals surface area (Å²) >= 11 is 0. The Morgan fingerprint density at radius 1 is 1.35 bits per heavy atom. The molecule has 17 heavy (non-hydrogen) atoms. The Balaban J connectivity index is 2.41. The summed E-state index contributed by atoms with van der Waals surface area (Å²) in [6, 6.07) is 1.64. The summed E-state index contributed by atoms with van der Waals surface area (Å²) < 4.78 is 6.67. The Labute approximate surface area is 101 Å². The van der Waals surface area contributed by atoms with Crippen LogP contribution in [-0.4, -0.2) is 27.1 Å². The van der Waals surface area contributed by atoms with Crippen LogP contribution >= 0.6 is 0 Å². The zero-order chi connectivity index (χ0) is 13.1. The lowest BCUT2D eigenvalue weighted by Crippen LogP contribution is -2.24. The third-order valence-electron chi connectivity index (χ3n) is 1.98. The molecule has 0 radical (unpaired) electrons. The molecule has 0 aliphatic rings. The highest BCUT2D eigenvalue weighted by atomic mass is 16.6. The van der Waals surface area contributed by atoms with Crippen LogP contribution in [0.4, 0.5) is 0 Å². The Hall–Kier alpha value is -1.65. The SMILES string of the molecule is Cn1ccc(C(=O)CCC(=O)OC(C)(C)C)n1. The van der Waals surface area contributed by atoms with Crippen molar-refractivity contribution in [3.8, 4) is 0 Å². The fourth-order valence-corrected chi connectivity index (χ4v) is 1.30. The lowest BCUT2D eigenvalue weighted by Gasteiger charge is -2.19. The Morgan fingerprint density at radius 2 is 2.00 bits per heavy atom. The van der Waals surface area contributed by atoms with E-state index < -0.39 is 5.60 Å². The number of nitrogens with zero attached hydrogens (tertiary/aromatic N) is 2. The van der Waals surface area contributed by atoms with Gasteiger partial charge in [0.1, 0.15) is 11.3 Å². The summed E-state index contributed by atoms with van der Waals surface area (Å²) in [5.41, 5.74) is -0.124. The van der Waals surface area contributed by atoms with E-state index in [9.17, 15) is 9.59 Å². The number of rotatable bonds is 4. The van der Waals surface area contributed by atoms with Crippen molar-refractivity contribution in [2.75, 3.05) is 0 Å². The fraction of sp³-hybridized carbons (Fsp3) is 0.583. The molecule has 0 aromatic carbocycles. The van der Waals surface area contributed by atoms with Crippen LogP contribution in [-0.2, 0) is 16.6 Å². The monoisotopic (exact) mass is 238 g/mol. The van der Waals surface area contributed by atoms with Gasteiger partial charge in [0.2, 0.25) is 0 Å². The van der Waals surface area contributed by atoms with E-state index in [4.69, 9.17) is 4.74 Å². The molecule has 0 bridgehead atoms. The Kier molecular flexibility index (Phi) is 4.04. The zero-order valence-electron chi connectivity index (χ0n) is 10.7. The summed E-state index contributed by atoms with van der Waals surface area (Å²) in [7, 11) is 1.74. The maximum absolute atomic E-state index is 11.6. The van der Waals surface area contributed by atoms with Crippen LogP contribution in [0.1, 0.15) is 44.1 Å². The van der Waals surface area contributed by atoms with Gasteiger partial charge in [0.05, 0.1) is 6.42 Å². The molecule has 1 aromatic heterocycles. The number of ketones is 1.